The Morgan fingerprint density at radius 1 is 1.17 bits per heavy atom. The number of amides is 1. The van der Waals surface area contributed by atoms with Gasteiger partial charge in [0.25, 0.3) is 0 Å². The Morgan fingerprint density at radius 2 is 1.93 bits per heavy atom. The van der Waals surface area contributed by atoms with Crippen LogP contribution in [0.3, 0.4) is 0 Å². The highest BCUT2D eigenvalue weighted by atomic mass is 32.2. The third-order valence-electron chi connectivity index (χ3n) is 4.22. The summed E-state index contributed by atoms with van der Waals surface area (Å²) in [5, 5.41) is 4.70. The second-order valence-corrected chi connectivity index (χ2v) is 8.47. The van der Waals surface area contributed by atoms with Crippen molar-refractivity contribution in [2.24, 2.45) is 0 Å². The van der Waals surface area contributed by atoms with E-state index >= 15 is 0 Å². The van der Waals surface area contributed by atoms with Gasteiger partial charge in [-0.05, 0) is 37.3 Å². The van der Waals surface area contributed by atoms with Crippen LogP contribution in [0.4, 0.5) is 14.5 Å². The van der Waals surface area contributed by atoms with E-state index in [0.717, 1.165) is 34.5 Å². The molecular formula is C21H20F2N2O3S2. The van der Waals surface area contributed by atoms with Crippen LogP contribution in [-0.4, -0.2) is 30.4 Å². The Morgan fingerprint density at radius 3 is 2.67 bits per heavy atom. The Balaban J connectivity index is 1.61. The molecule has 5 nitrogen and oxygen atoms in total. The fourth-order valence-corrected chi connectivity index (χ4v) is 4.29. The lowest BCUT2D eigenvalue weighted by Gasteiger charge is -2.12. The number of rotatable bonds is 8. The van der Waals surface area contributed by atoms with E-state index in [1.165, 1.54) is 23.1 Å². The Bertz CT molecular complexity index is 1040. The van der Waals surface area contributed by atoms with Crippen molar-refractivity contribution >= 4 is 34.7 Å². The standard InChI is InChI=1S/C21H20F2N2O3S2/c1-12(20(26)25-17-9-14(22)5-6-16(17)23)29-10-15-11-30-21(24-15)13-4-7-18(27-2)19(8-13)28-3/h4-9,11-12H,10H2,1-3H3,(H,25,26). The lowest BCUT2D eigenvalue weighted by atomic mass is 10.2. The Labute approximate surface area is 181 Å². The molecule has 30 heavy (non-hydrogen) atoms. The average molecular weight is 451 g/mol. The maximum absolute atomic E-state index is 13.7. The summed E-state index contributed by atoms with van der Waals surface area (Å²) in [4.78, 5) is 16.9. The average Bonchev–Trinajstić information content (AvgIpc) is 3.23. The minimum absolute atomic E-state index is 0.170. The number of halogens is 2. The highest BCUT2D eigenvalue weighted by molar-refractivity contribution is 7.99. The molecule has 0 fully saturated rings. The van der Waals surface area contributed by atoms with Gasteiger partial charge in [0, 0.05) is 22.8 Å². The summed E-state index contributed by atoms with van der Waals surface area (Å²) in [7, 11) is 3.16. The first-order chi connectivity index (χ1) is 14.4. The second-order valence-electron chi connectivity index (χ2n) is 6.28. The van der Waals surface area contributed by atoms with Crippen molar-refractivity contribution in [3.05, 3.63) is 59.1 Å². The van der Waals surface area contributed by atoms with Crippen molar-refractivity contribution in [2.45, 2.75) is 17.9 Å². The molecule has 1 heterocycles. The molecule has 9 heteroatoms. The van der Waals surface area contributed by atoms with Crippen LogP contribution in [0.25, 0.3) is 10.6 Å². The van der Waals surface area contributed by atoms with Crippen LogP contribution in [0.2, 0.25) is 0 Å². The van der Waals surface area contributed by atoms with E-state index in [-0.39, 0.29) is 5.69 Å². The van der Waals surface area contributed by atoms with Gasteiger partial charge in [0.15, 0.2) is 11.5 Å². The normalized spacial score (nSPS) is 11.8. The molecule has 0 radical (unpaired) electrons. The number of anilines is 1. The molecule has 3 rings (SSSR count). The van der Waals surface area contributed by atoms with Crippen LogP contribution in [0.1, 0.15) is 12.6 Å². The molecule has 1 amide bonds. The fourth-order valence-electron chi connectivity index (χ4n) is 2.59. The van der Waals surface area contributed by atoms with Crippen molar-refractivity contribution < 1.29 is 23.0 Å². The maximum atomic E-state index is 13.7. The second kappa shape index (κ2) is 9.90. The number of aromatic nitrogens is 1. The molecular weight excluding hydrogens is 430 g/mol. The highest BCUT2D eigenvalue weighted by Gasteiger charge is 2.17. The van der Waals surface area contributed by atoms with Crippen LogP contribution in [0.5, 0.6) is 11.5 Å². The maximum Gasteiger partial charge on any atom is 0.237 e. The number of methoxy groups -OCH3 is 2. The number of benzene rings is 2. The first-order valence-electron chi connectivity index (χ1n) is 8.95. The zero-order valence-corrected chi connectivity index (χ0v) is 18.2. The number of nitrogens with zero attached hydrogens (tertiary/aromatic N) is 1. The van der Waals surface area contributed by atoms with Crippen LogP contribution in [0, 0.1) is 11.6 Å². The number of hydrogen-bond acceptors (Lipinski definition) is 6. The van der Waals surface area contributed by atoms with Crippen molar-refractivity contribution in [1.82, 2.24) is 4.98 Å². The molecule has 0 spiro atoms. The van der Waals surface area contributed by atoms with Crippen LogP contribution in [-0.2, 0) is 10.5 Å². The van der Waals surface area contributed by atoms with E-state index in [9.17, 15) is 13.6 Å². The smallest absolute Gasteiger partial charge is 0.237 e. The number of ether oxygens (including phenoxy) is 2. The van der Waals surface area contributed by atoms with Crippen molar-refractivity contribution in [3.63, 3.8) is 0 Å². The van der Waals surface area contributed by atoms with Crippen molar-refractivity contribution in [2.75, 3.05) is 19.5 Å². The minimum atomic E-state index is -0.680. The lowest BCUT2D eigenvalue weighted by molar-refractivity contribution is -0.115. The van der Waals surface area contributed by atoms with Crippen molar-refractivity contribution in [1.29, 1.82) is 0 Å². The van der Waals surface area contributed by atoms with E-state index in [4.69, 9.17) is 9.47 Å². The molecule has 1 N–H and O–H groups in total. The number of thiazole rings is 1. The summed E-state index contributed by atoms with van der Waals surface area (Å²) in [6.45, 7) is 1.71. The van der Waals surface area contributed by atoms with Gasteiger partial charge >= 0.3 is 0 Å². The van der Waals surface area contributed by atoms with Gasteiger partial charge in [-0.1, -0.05) is 0 Å². The number of carbonyl (C=O) groups is 1. The monoisotopic (exact) mass is 450 g/mol. The number of thioether (sulfide) groups is 1. The predicted molar refractivity (Wildman–Crippen MR) is 116 cm³/mol. The quantitative estimate of drug-likeness (QED) is 0.500. The van der Waals surface area contributed by atoms with Gasteiger partial charge in [-0.3, -0.25) is 4.79 Å². The van der Waals surface area contributed by atoms with E-state index < -0.39 is 22.8 Å². The van der Waals surface area contributed by atoms with Gasteiger partial charge in [0.05, 0.1) is 30.9 Å². The fraction of sp³-hybridized carbons (Fsp3) is 0.238. The molecule has 1 aromatic heterocycles. The SMILES string of the molecule is COc1ccc(-c2nc(CSC(C)C(=O)Nc3cc(F)ccc3F)cs2)cc1OC. The number of hydrogen-bond donors (Lipinski definition) is 1. The molecule has 0 saturated heterocycles. The zero-order valence-electron chi connectivity index (χ0n) is 16.6. The molecule has 2 aromatic carbocycles. The summed E-state index contributed by atoms with van der Waals surface area (Å²) in [5.41, 5.74) is 1.56. The molecule has 3 aromatic rings. The van der Waals surface area contributed by atoms with Gasteiger partial charge in [-0.25, -0.2) is 13.8 Å². The van der Waals surface area contributed by atoms with Gasteiger partial charge in [0.1, 0.15) is 16.6 Å². The van der Waals surface area contributed by atoms with Gasteiger partial charge in [0.2, 0.25) is 5.91 Å². The zero-order chi connectivity index (χ0) is 21.7. The third-order valence-corrected chi connectivity index (χ3v) is 6.34. The lowest BCUT2D eigenvalue weighted by Crippen LogP contribution is -2.23. The first kappa shape index (κ1) is 22.0. The third kappa shape index (κ3) is 5.28. The topological polar surface area (TPSA) is 60.5 Å². The molecule has 158 valence electrons. The van der Waals surface area contributed by atoms with E-state index in [0.29, 0.717) is 17.3 Å². The van der Waals surface area contributed by atoms with E-state index in [1.54, 1.807) is 21.1 Å². The molecule has 0 aliphatic carbocycles. The molecule has 1 atom stereocenters. The van der Waals surface area contributed by atoms with Gasteiger partial charge in [-0.2, -0.15) is 0 Å². The van der Waals surface area contributed by atoms with Crippen LogP contribution < -0.4 is 14.8 Å². The van der Waals surface area contributed by atoms with Crippen molar-refractivity contribution in [3.8, 4) is 22.1 Å². The summed E-state index contributed by atoms with van der Waals surface area (Å²) in [6.07, 6.45) is 0. The Hall–Kier alpha value is -2.65. The van der Waals surface area contributed by atoms with Gasteiger partial charge in [-0.15, -0.1) is 23.1 Å². The summed E-state index contributed by atoms with van der Waals surface area (Å²) in [5.74, 6) is 0.0708. The summed E-state index contributed by atoms with van der Waals surface area (Å²) in [6, 6.07) is 8.52. The molecule has 0 bridgehead atoms. The first-order valence-corrected chi connectivity index (χ1v) is 10.9. The molecule has 1 unspecified atom stereocenters. The van der Waals surface area contributed by atoms with Gasteiger partial charge < -0.3 is 14.8 Å². The largest absolute Gasteiger partial charge is 0.493 e. The number of nitrogens with one attached hydrogen (secondary N) is 1. The van der Waals surface area contributed by atoms with Crippen LogP contribution >= 0.6 is 23.1 Å². The minimum Gasteiger partial charge on any atom is -0.493 e. The van der Waals surface area contributed by atoms with E-state index in [2.05, 4.69) is 10.3 Å². The van der Waals surface area contributed by atoms with Crippen LogP contribution in [0.15, 0.2) is 41.8 Å². The molecule has 0 aliphatic heterocycles. The Kier molecular flexibility index (Phi) is 7.28. The number of carbonyl (C=O) groups excluding carboxylic acids is 1. The summed E-state index contributed by atoms with van der Waals surface area (Å²) < 4.78 is 37.5. The summed E-state index contributed by atoms with van der Waals surface area (Å²) >= 11 is 2.85. The highest BCUT2D eigenvalue weighted by Crippen LogP contribution is 2.34. The van der Waals surface area contributed by atoms with E-state index in [1.807, 2.05) is 23.6 Å². The molecule has 0 saturated carbocycles. The predicted octanol–water partition coefficient (Wildman–Crippen LogP) is 5.37. The molecule has 0 aliphatic rings.